The molecule has 1 aliphatic heterocycles. The van der Waals surface area contributed by atoms with Gasteiger partial charge >= 0.3 is 6.03 Å². The Hall–Kier alpha value is -2.84. The molecule has 162 valence electrons. The molecule has 0 aromatic heterocycles. The van der Waals surface area contributed by atoms with Crippen LogP contribution >= 0.6 is 9.24 Å². The lowest BCUT2D eigenvalue weighted by atomic mass is 10.0. The number of nitrogens with two attached hydrogens (primary N) is 1. The van der Waals surface area contributed by atoms with Crippen molar-refractivity contribution in [2.75, 3.05) is 0 Å². The topological polar surface area (TPSA) is 58.4 Å². The summed E-state index contributed by atoms with van der Waals surface area (Å²) in [5.74, 6) is 0. The fourth-order valence-corrected chi connectivity index (χ4v) is 3.94. The van der Waals surface area contributed by atoms with E-state index in [1.54, 1.807) is 0 Å². The molecular formula is C26H32N3OP. The number of fused-ring (bicyclic) bond motifs is 1. The molecule has 5 heteroatoms. The van der Waals surface area contributed by atoms with Gasteiger partial charge in [0.05, 0.1) is 11.4 Å². The molecule has 31 heavy (non-hydrogen) atoms. The van der Waals surface area contributed by atoms with E-state index >= 15 is 0 Å². The van der Waals surface area contributed by atoms with Gasteiger partial charge in [-0.3, -0.25) is 0 Å². The summed E-state index contributed by atoms with van der Waals surface area (Å²) in [4.78, 5) is 14.8. The molecule has 2 amide bonds. The van der Waals surface area contributed by atoms with Crippen molar-refractivity contribution in [1.82, 2.24) is 10.2 Å². The highest BCUT2D eigenvalue weighted by Crippen LogP contribution is 2.26. The Morgan fingerprint density at radius 2 is 1.87 bits per heavy atom. The number of benzene rings is 2. The highest BCUT2D eigenvalue weighted by Gasteiger charge is 2.25. The summed E-state index contributed by atoms with van der Waals surface area (Å²) in [7, 11) is 2.69. The first-order valence-corrected chi connectivity index (χ1v) is 11.4. The van der Waals surface area contributed by atoms with E-state index in [1.165, 1.54) is 16.7 Å². The summed E-state index contributed by atoms with van der Waals surface area (Å²) in [5.41, 5.74) is 13.6. The van der Waals surface area contributed by atoms with E-state index in [2.05, 4.69) is 70.9 Å². The molecule has 0 aliphatic carbocycles. The number of nitrogens with zero attached hydrogens (tertiary/aromatic N) is 1. The average molecular weight is 434 g/mol. The van der Waals surface area contributed by atoms with Crippen molar-refractivity contribution in [1.29, 1.82) is 0 Å². The fraction of sp³-hybridized carbons (Fsp3) is 0.269. The molecule has 1 heterocycles. The second-order valence-corrected chi connectivity index (χ2v) is 8.48. The summed E-state index contributed by atoms with van der Waals surface area (Å²) in [6.45, 7) is 7.50. The van der Waals surface area contributed by atoms with Crippen LogP contribution in [-0.2, 0) is 19.5 Å². The zero-order valence-corrected chi connectivity index (χ0v) is 19.8. The lowest BCUT2D eigenvalue weighted by Crippen LogP contribution is -2.37. The number of aryl methyl sites for hydroxylation is 1. The molecule has 2 aromatic rings. The Balaban J connectivity index is 1.71. The number of amides is 2. The largest absolute Gasteiger partial charge is 0.397 e. The van der Waals surface area contributed by atoms with Gasteiger partial charge in [0.2, 0.25) is 0 Å². The second-order valence-electron chi connectivity index (χ2n) is 7.81. The van der Waals surface area contributed by atoms with Gasteiger partial charge in [0.1, 0.15) is 0 Å². The summed E-state index contributed by atoms with van der Waals surface area (Å²) in [6, 6.07) is 14.5. The highest BCUT2D eigenvalue weighted by molar-refractivity contribution is 7.27. The molecule has 3 rings (SSSR count). The lowest BCUT2D eigenvalue weighted by molar-refractivity contribution is 0.201. The summed E-state index contributed by atoms with van der Waals surface area (Å²) < 4.78 is 0. The molecule has 0 bridgehead atoms. The van der Waals surface area contributed by atoms with Crippen molar-refractivity contribution in [3.8, 4) is 0 Å². The number of hydrogen-bond donors (Lipinski definition) is 2. The van der Waals surface area contributed by atoms with Crippen LogP contribution in [0.1, 0.15) is 49.4 Å². The zero-order valence-electron chi connectivity index (χ0n) is 18.6. The van der Waals surface area contributed by atoms with Gasteiger partial charge in [-0.25, -0.2) is 4.79 Å². The maximum absolute atomic E-state index is 13.0. The molecule has 0 saturated heterocycles. The van der Waals surface area contributed by atoms with E-state index in [9.17, 15) is 4.79 Å². The van der Waals surface area contributed by atoms with Crippen molar-refractivity contribution in [3.05, 3.63) is 94.3 Å². The molecular weight excluding hydrogens is 401 g/mol. The van der Waals surface area contributed by atoms with Crippen LogP contribution in [0.3, 0.4) is 0 Å². The number of carbonyl (C=O) groups is 1. The third-order valence-electron chi connectivity index (χ3n) is 5.59. The van der Waals surface area contributed by atoms with Crippen molar-refractivity contribution in [2.45, 2.75) is 46.7 Å². The van der Waals surface area contributed by atoms with Gasteiger partial charge in [-0.2, -0.15) is 0 Å². The molecule has 0 radical (unpaired) electrons. The Morgan fingerprint density at radius 1 is 1.13 bits per heavy atom. The van der Waals surface area contributed by atoms with Gasteiger partial charge in [-0.05, 0) is 59.0 Å². The summed E-state index contributed by atoms with van der Waals surface area (Å²) in [5, 5.41) is 4.18. The van der Waals surface area contributed by atoms with Crippen LogP contribution in [-0.4, -0.2) is 10.9 Å². The van der Waals surface area contributed by atoms with Crippen molar-refractivity contribution in [2.24, 2.45) is 5.73 Å². The first-order valence-electron chi connectivity index (χ1n) is 10.8. The Labute approximate surface area is 188 Å². The predicted molar refractivity (Wildman–Crippen MR) is 134 cm³/mol. The van der Waals surface area contributed by atoms with Gasteiger partial charge in [0.15, 0.2) is 0 Å². The van der Waals surface area contributed by atoms with Crippen LogP contribution < -0.4 is 16.4 Å². The van der Waals surface area contributed by atoms with E-state index in [1.807, 2.05) is 30.1 Å². The van der Waals surface area contributed by atoms with Crippen molar-refractivity contribution >= 4 is 26.1 Å². The minimum Gasteiger partial charge on any atom is -0.397 e. The molecule has 1 unspecified atom stereocenters. The van der Waals surface area contributed by atoms with Crippen molar-refractivity contribution < 1.29 is 4.79 Å². The molecule has 0 fully saturated rings. The van der Waals surface area contributed by atoms with Crippen LogP contribution in [0.2, 0.25) is 0 Å². The maximum atomic E-state index is 13.0. The second kappa shape index (κ2) is 10.5. The minimum atomic E-state index is -0.119. The van der Waals surface area contributed by atoms with E-state index in [-0.39, 0.29) is 6.03 Å². The van der Waals surface area contributed by atoms with E-state index in [0.717, 1.165) is 29.3 Å². The quantitative estimate of drug-likeness (QED) is 0.497. The van der Waals surface area contributed by atoms with E-state index in [4.69, 9.17) is 5.73 Å². The molecule has 0 spiro atoms. The summed E-state index contributed by atoms with van der Waals surface area (Å²) >= 11 is 0. The Bertz CT molecular complexity index is 1040. The minimum absolute atomic E-state index is 0.119. The van der Waals surface area contributed by atoms with Gasteiger partial charge < -0.3 is 16.0 Å². The van der Waals surface area contributed by atoms with E-state index in [0.29, 0.717) is 24.5 Å². The zero-order chi connectivity index (χ0) is 22.4. The van der Waals surface area contributed by atoms with Gasteiger partial charge in [-0.15, -0.1) is 9.24 Å². The number of hydrogen-bond acceptors (Lipinski definition) is 2. The summed E-state index contributed by atoms with van der Waals surface area (Å²) in [6.07, 6.45) is 7.56. The number of rotatable bonds is 6. The highest BCUT2D eigenvalue weighted by atomic mass is 31.0. The van der Waals surface area contributed by atoms with Crippen LogP contribution in [0.25, 0.3) is 5.57 Å². The van der Waals surface area contributed by atoms with Gasteiger partial charge in [0.25, 0.3) is 0 Å². The van der Waals surface area contributed by atoms with Crippen molar-refractivity contribution in [3.63, 3.8) is 0 Å². The average Bonchev–Trinajstić information content (AvgIpc) is 3.22. The number of allylic oxidation sites excluding steroid dienone is 4. The smallest absolute Gasteiger partial charge is 0.322 e. The molecule has 3 N–H and O–H groups in total. The third kappa shape index (κ3) is 5.65. The maximum Gasteiger partial charge on any atom is 0.322 e. The van der Waals surface area contributed by atoms with Crippen LogP contribution in [0.15, 0.2) is 72.1 Å². The predicted octanol–water partition coefficient (Wildman–Crippen LogP) is 5.01. The standard InChI is InChI=1S/C26H32N3OP/c1-4-7-25(24(27)15-10-18(3)20-11-13-22(31)14-12-20)28-26(30)29-16-21-9-6-8-19(5-2)23(21)17-29/h6-15H,4-5,16-17,27,31H2,1-3H3,(H,28,30)/b18-10+,24-15+,25-7-. The number of urea groups is 1. The fourth-order valence-electron chi connectivity index (χ4n) is 3.75. The number of carbonyl (C=O) groups excluding carboxylic acids is 1. The Morgan fingerprint density at radius 3 is 2.55 bits per heavy atom. The molecule has 0 saturated carbocycles. The molecule has 4 nitrogen and oxygen atoms in total. The van der Waals surface area contributed by atoms with Gasteiger partial charge in [0, 0.05) is 13.1 Å². The van der Waals surface area contributed by atoms with Crippen LogP contribution in [0, 0.1) is 0 Å². The first-order chi connectivity index (χ1) is 14.9. The number of nitrogens with one attached hydrogen (secondary N) is 1. The van der Waals surface area contributed by atoms with Crippen LogP contribution in [0.5, 0.6) is 0 Å². The molecule has 1 aliphatic rings. The van der Waals surface area contributed by atoms with E-state index < -0.39 is 0 Å². The monoisotopic (exact) mass is 433 g/mol. The Kier molecular flexibility index (Phi) is 7.70. The van der Waals surface area contributed by atoms with Crippen LogP contribution in [0.4, 0.5) is 4.79 Å². The third-order valence-corrected chi connectivity index (χ3v) is 5.97. The normalized spacial score (nSPS) is 14.6. The molecule has 2 aromatic carbocycles. The SMILES string of the molecule is CC/C=C(NC(=O)N1Cc2cccc(CC)c2C1)/C(N)=C\C=C(/C)c1ccc(P)cc1. The van der Waals surface area contributed by atoms with Gasteiger partial charge in [-0.1, -0.05) is 68.5 Å². The molecule has 1 atom stereocenters. The first kappa shape index (κ1) is 22.8. The lowest BCUT2D eigenvalue weighted by Gasteiger charge is -2.18.